The molecule has 0 radical (unpaired) electrons. The van der Waals surface area contributed by atoms with Crippen molar-refractivity contribution in [2.75, 3.05) is 12.9 Å². The van der Waals surface area contributed by atoms with Crippen LogP contribution in [0.1, 0.15) is 22.8 Å². The van der Waals surface area contributed by atoms with Crippen LogP contribution in [0.5, 0.6) is 0 Å². The first-order chi connectivity index (χ1) is 8.21. The van der Waals surface area contributed by atoms with Crippen molar-refractivity contribution in [3.8, 4) is 0 Å². The van der Waals surface area contributed by atoms with E-state index in [0.29, 0.717) is 5.56 Å². The van der Waals surface area contributed by atoms with Gasteiger partial charge in [-0.3, -0.25) is 4.79 Å². The normalized spacial score (nSPS) is 11.1. The molecule has 98 valence electrons. The molecule has 5 nitrogen and oxygen atoms in total. The highest BCUT2D eigenvalue weighted by molar-refractivity contribution is 7.90. The van der Waals surface area contributed by atoms with Crippen molar-refractivity contribution in [3.05, 3.63) is 29.3 Å². The van der Waals surface area contributed by atoms with Gasteiger partial charge in [0.05, 0.1) is 10.5 Å². The molecule has 18 heavy (non-hydrogen) atoms. The van der Waals surface area contributed by atoms with Gasteiger partial charge in [0.2, 0.25) is 0 Å². The van der Waals surface area contributed by atoms with Crippen molar-refractivity contribution < 1.29 is 22.7 Å². The topological polar surface area (TPSA) is 77.5 Å². The summed E-state index contributed by atoms with van der Waals surface area (Å²) < 4.78 is 27.5. The van der Waals surface area contributed by atoms with E-state index in [1.165, 1.54) is 25.1 Å². The number of ether oxygens (including phenoxy) is 1. The lowest BCUT2D eigenvalue weighted by atomic mass is 10.1. The molecule has 0 amide bonds. The Morgan fingerprint density at radius 2 is 1.89 bits per heavy atom. The summed E-state index contributed by atoms with van der Waals surface area (Å²) in [7, 11) is -3.38. The van der Waals surface area contributed by atoms with E-state index >= 15 is 0 Å². The smallest absolute Gasteiger partial charge is 0.338 e. The number of rotatable bonds is 4. The van der Waals surface area contributed by atoms with Gasteiger partial charge in [-0.15, -0.1) is 0 Å². The molecule has 1 aromatic carbocycles. The zero-order valence-electron chi connectivity index (χ0n) is 10.4. The highest BCUT2D eigenvalue weighted by Crippen LogP contribution is 2.16. The molecule has 6 heteroatoms. The van der Waals surface area contributed by atoms with Gasteiger partial charge in [-0.25, -0.2) is 13.2 Å². The molecule has 0 N–H and O–H groups in total. The fourth-order valence-electron chi connectivity index (χ4n) is 1.30. The molecule has 0 aromatic heterocycles. The molecule has 0 spiro atoms. The Labute approximate surface area is 106 Å². The van der Waals surface area contributed by atoms with Gasteiger partial charge in [0.1, 0.15) is 6.61 Å². The predicted octanol–water partition coefficient (Wildman–Crippen LogP) is 1.14. The summed E-state index contributed by atoms with van der Waals surface area (Å²) in [6.07, 6.45) is 1.06. The van der Waals surface area contributed by atoms with Gasteiger partial charge < -0.3 is 4.74 Å². The first-order valence-electron chi connectivity index (χ1n) is 5.19. The summed E-state index contributed by atoms with van der Waals surface area (Å²) in [5.41, 5.74) is 0.745. The number of esters is 1. The van der Waals surface area contributed by atoms with Crippen molar-refractivity contribution >= 4 is 21.6 Å². The summed E-state index contributed by atoms with van der Waals surface area (Å²) >= 11 is 0. The quantitative estimate of drug-likeness (QED) is 0.767. The number of ketones is 1. The maximum Gasteiger partial charge on any atom is 0.338 e. The Morgan fingerprint density at radius 3 is 2.39 bits per heavy atom. The summed E-state index contributed by atoms with van der Waals surface area (Å²) in [6, 6.07) is 4.21. The number of hydrogen-bond acceptors (Lipinski definition) is 5. The molecule has 1 aromatic rings. The number of Topliss-reactive ketones (excluding diaryl/α,β-unsaturated/α-hetero) is 1. The lowest BCUT2D eigenvalue weighted by Crippen LogP contribution is -2.13. The van der Waals surface area contributed by atoms with E-state index in [9.17, 15) is 18.0 Å². The van der Waals surface area contributed by atoms with Gasteiger partial charge in [-0.05, 0) is 31.5 Å². The molecule has 0 bridgehead atoms. The third-order valence-electron chi connectivity index (χ3n) is 2.26. The summed E-state index contributed by atoms with van der Waals surface area (Å²) in [5, 5.41) is 0. The van der Waals surface area contributed by atoms with Gasteiger partial charge in [0.25, 0.3) is 0 Å². The van der Waals surface area contributed by atoms with Crippen molar-refractivity contribution in [2.45, 2.75) is 18.7 Å². The average Bonchev–Trinajstić information content (AvgIpc) is 2.24. The number of hydrogen-bond donors (Lipinski definition) is 0. The van der Waals surface area contributed by atoms with Crippen LogP contribution in [-0.2, 0) is 19.4 Å². The van der Waals surface area contributed by atoms with Crippen molar-refractivity contribution in [3.63, 3.8) is 0 Å². The lowest BCUT2D eigenvalue weighted by Gasteiger charge is -2.07. The van der Waals surface area contributed by atoms with Crippen LogP contribution in [0.4, 0.5) is 0 Å². The second kappa shape index (κ2) is 5.30. The largest absolute Gasteiger partial charge is 0.454 e. The number of carbonyl (C=O) groups excluding carboxylic acids is 2. The minimum Gasteiger partial charge on any atom is -0.454 e. The van der Waals surface area contributed by atoms with Gasteiger partial charge in [0.15, 0.2) is 15.6 Å². The highest BCUT2D eigenvalue weighted by Gasteiger charge is 2.15. The van der Waals surface area contributed by atoms with Crippen LogP contribution in [0.15, 0.2) is 23.1 Å². The monoisotopic (exact) mass is 270 g/mol. The molecular weight excluding hydrogens is 256 g/mol. The van der Waals surface area contributed by atoms with E-state index in [1.54, 1.807) is 6.92 Å². The molecule has 0 aliphatic rings. The van der Waals surface area contributed by atoms with Crippen LogP contribution < -0.4 is 0 Å². The fourth-order valence-corrected chi connectivity index (χ4v) is 1.94. The van der Waals surface area contributed by atoms with Crippen molar-refractivity contribution in [1.29, 1.82) is 0 Å². The van der Waals surface area contributed by atoms with Gasteiger partial charge in [-0.1, -0.05) is 6.07 Å². The molecule has 0 aliphatic carbocycles. The standard InChI is InChI=1S/C12H14O5S/c1-8-4-5-10(18(3,15)16)6-11(8)12(14)17-7-9(2)13/h4-6H,7H2,1-3H3. The molecule has 1 rings (SSSR count). The van der Waals surface area contributed by atoms with Gasteiger partial charge in [-0.2, -0.15) is 0 Å². The summed E-state index contributed by atoms with van der Waals surface area (Å²) in [5.74, 6) is -0.978. The first kappa shape index (κ1) is 14.4. The molecular formula is C12H14O5S. The molecule has 0 saturated heterocycles. The van der Waals surface area contributed by atoms with Gasteiger partial charge in [0, 0.05) is 6.26 Å². The Bertz CT molecular complexity index is 586. The highest BCUT2D eigenvalue weighted by atomic mass is 32.2. The number of sulfone groups is 1. The third kappa shape index (κ3) is 3.66. The minimum absolute atomic E-state index is 0.0443. The first-order valence-corrected chi connectivity index (χ1v) is 7.08. The van der Waals surface area contributed by atoms with Crippen LogP contribution in [-0.4, -0.2) is 33.0 Å². The van der Waals surface area contributed by atoms with Crippen LogP contribution in [0.3, 0.4) is 0 Å². The molecule has 0 saturated carbocycles. The van der Waals surface area contributed by atoms with E-state index in [-0.39, 0.29) is 22.8 Å². The van der Waals surface area contributed by atoms with Crippen LogP contribution >= 0.6 is 0 Å². The average molecular weight is 270 g/mol. The predicted molar refractivity (Wildman–Crippen MR) is 65.3 cm³/mol. The van der Waals surface area contributed by atoms with Crippen LogP contribution in [0.2, 0.25) is 0 Å². The Balaban J connectivity index is 3.08. The zero-order chi connectivity index (χ0) is 13.9. The minimum atomic E-state index is -3.38. The number of benzene rings is 1. The molecule has 0 heterocycles. The Morgan fingerprint density at radius 1 is 1.28 bits per heavy atom. The van der Waals surface area contributed by atoms with E-state index in [2.05, 4.69) is 0 Å². The number of aryl methyl sites for hydroxylation is 1. The van der Waals surface area contributed by atoms with Crippen molar-refractivity contribution in [2.24, 2.45) is 0 Å². The second-order valence-corrected chi connectivity index (χ2v) is 6.04. The molecule has 0 fully saturated rings. The zero-order valence-corrected chi connectivity index (χ0v) is 11.2. The summed E-state index contributed by atoms with van der Waals surface area (Å²) in [6.45, 7) is 2.64. The fraction of sp³-hybridized carbons (Fsp3) is 0.333. The van der Waals surface area contributed by atoms with E-state index in [4.69, 9.17) is 4.74 Å². The van der Waals surface area contributed by atoms with Crippen LogP contribution in [0.25, 0.3) is 0 Å². The van der Waals surface area contributed by atoms with E-state index in [1.807, 2.05) is 0 Å². The molecule has 0 unspecified atom stereocenters. The Hall–Kier alpha value is -1.69. The lowest BCUT2D eigenvalue weighted by molar-refractivity contribution is -0.120. The molecule has 0 atom stereocenters. The number of carbonyl (C=O) groups is 2. The summed E-state index contributed by atoms with van der Waals surface area (Å²) in [4.78, 5) is 22.4. The van der Waals surface area contributed by atoms with E-state index in [0.717, 1.165) is 6.26 Å². The van der Waals surface area contributed by atoms with E-state index < -0.39 is 15.8 Å². The maximum absolute atomic E-state index is 11.7. The third-order valence-corrected chi connectivity index (χ3v) is 3.37. The van der Waals surface area contributed by atoms with Gasteiger partial charge >= 0.3 is 5.97 Å². The second-order valence-electron chi connectivity index (χ2n) is 4.03. The van der Waals surface area contributed by atoms with Crippen molar-refractivity contribution in [1.82, 2.24) is 0 Å². The Kier molecular flexibility index (Phi) is 4.24. The molecule has 0 aliphatic heterocycles. The SMILES string of the molecule is CC(=O)COC(=O)c1cc(S(C)(=O)=O)ccc1C. The van der Waals surface area contributed by atoms with Crippen LogP contribution in [0, 0.1) is 6.92 Å². The maximum atomic E-state index is 11.7.